The van der Waals surface area contributed by atoms with E-state index in [9.17, 15) is 19.2 Å². The third-order valence-corrected chi connectivity index (χ3v) is 7.89. The molecule has 0 fully saturated rings. The molecule has 0 bridgehead atoms. The number of amides is 4. The molecule has 0 aliphatic carbocycles. The molecule has 45 heavy (non-hydrogen) atoms. The zero-order valence-corrected chi connectivity index (χ0v) is 25.2. The average Bonchev–Trinajstić information content (AvgIpc) is 3.63. The van der Waals surface area contributed by atoms with Crippen LogP contribution in [0.25, 0.3) is 21.8 Å². The van der Waals surface area contributed by atoms with Crippen LogP contribution in [0.5, 0.6) is 0 Å². The Morgan fingerprint density at radius 1 is 0.644 bits per heavy atom. The van der Waals surface area contributed by atoms with E-state index in [0.717, 1.165) is 32.9 Å². The van der Waals surface area contributed by atoms with E-state index in [1.54, 1.807) is 12.4 Å². The molecule has 0 spiro atoms. The van der Waals surface area contributed by atoms with Crippen LogP contribution in [0, 0.1) is 0 Å². The molecule has 4 rings (SSSR count). The summed E-state index contributed by atoms with van der Waals surface area (Å²) in [4.78, 5) is 59.2. The van der Waals surface area contributed by atoms with Crippen LogP contribution in [0.2, 0.25) is 0 Å². The zero-order chi connectivity index (χ0) is 32.3. The van der Waals surface area contributed by atoms with Crippen molar-refractivity contribution in [1.82, 2.24) is 25.9 Å². The summed E-state index contributed by atoms with van der Waals surface area (Å²) in [5.74, 6) is -2.39. The summed E-state index contributed by atoms with van der Waals surface area (Å²) in [6.45, 7) is 0.643. The van der Waals surface area contributed by atoms with Gasteiger partial charge in [0.1, 0.15) is 18.1 Å². The van der Waals surface area contributed by atoms with Crippen LogP contribution in [0.1, 0.15) is 36.8 Å². The van der Waals surface area contributed by atoms with Gasteiger partial charge in [0.05, 0.1) is 6.04 Å². The number of benzene rings is 2. The second-order valence-corrected chi connectivity index (χ2v) is 11.2. The van der Waals surface area contributed by atoms with E-state index in [2.05, 4.69) is 25.9 Å². The number of aromatic amines is 2. The number of aromatic nitrogens is 2. The molecule has 0 aliphatic rings. The van der Waals surface area contributed by atoms with Gasteiger partial charge >= 0.3 is 0 Å². The van der Waals surface area contributed by atoms with Crippen molar-refractivity contribution in [1.29, 1.82) is 0 Å². The quantitative estimate of drug-likeness (QED) is 0.0744. The Labute approximate surface area is 261 Å². The second kappa shape index (κ2) is 15.8. The number of H-pyrrole nitrogens is 2. The first-order chi connectivity index (χ1) is 21.7. The van der Waals surface area contributed by atoms with Gasteiger partial charge in [0.25, 0.3) is 0 Å². The highest BCUT2D eigenvalue weighted by atomic mass is 16.2. The first-order valence-corrected chi connectivity index (χ1v) is 15.2. The fourth-order valence-electron chi connectivity index (χ4n) is 5.37. The maximum Gasteiger partial charge on any atom is 0.243 e. The molecule has 2 aromatic carbocycles. The van der Waals surface area contributed by atoms with Crippen LogP contribution < -0.4 is 38.9 Å². The number of unbranched alkanes of at least 4 members (excludes halogenated alkanes) is 1. The minimum atomic E-state index is -1.10. The molecular weight excluding hydrogens is 574 g/mol. The van der Waals surface area contributed by atoms with Gasteiger partial charge in [-0.25, -0.2) is 0 Å². The van der Waals surface area contributed by atoms with E-state index in [4.69, 9.17) is 22.9 Å². The van der Waals surface area contributed by atoms with E-state index in [0.29, 0.717) is 25.8 Å². The number of hydrogen-bond donors (Lipinski definition) is 9. The summed E-state index contributed by atoms with van der Waals surface area (Å²) in [5.41, 5.74) is 26.1. The van der Waals surface area contributed by atoms with Crippen molar-refractivity contribution in [3.8, 4) is 0 Å². The van der Waals surface area contributed by atoms with Gasteiger partial charge < -0.3 is 48.9 Å². The summed E-state index contributed by atoms with van der Waals surface area (Å²) in [7, 11) is 0. The van der Waals surface area contributed by atoms with Crippen molar-refractivity contribution in [2.24, 2.45) is 22.9 Å². The Bertz CT molecular complexity index is 1610. The van der Waals surface area contributed by atoms with Crippen molar-refractivity contribution < 1.29 is 19.2 Å². The van der Waals surface area contributed by atoms with E-state index >= 15 is 0 Å². The van der Waals surface area contributed by atoms with Gasteiger partial charge in [-0.2, -0.15) is 0 Å². The minimum Gasteiger partial charge on any atom is -0.368 e. The monoisotopic (exact) mass is 617 g/mol. The Morgan fingerprint density at radius 3 is 1.62 bits per heavy atom. The standard InChI is InChI=1S/C32H43N9O4/c33-13-6-5-11-26(29(36)42)39-31(44)28(16-20-18-38-25-10-4-2-8-22(20)25)41-32(45)27(40-30(43)23(35)12-14-34)15-19-17-37-24-9-3-1-7-21(19)24/h1-4,7-10,17-18,23,26-28,37-38H,5-6,11-16,33-35H2,(H2,36,42)(H,39,44)(H,40,43)(H,41,45)/t23-,26-,27+,28+/m0/s1. The van der Waals surface area contributed by atoms with Gasteiger partial charge in [-0.15, -0.1) is 0 Å². The van der Waals surface area contributed by atoms with Crippen molar-refractivity contribution in [2.75, 3.05) is 13.1 Å². The Balaban J connectivity index is 1.62. The molecule has 13 heteroatoms. The van der Waals surface area contributed by atoms with Crippen LogP contribution in [-0.4, -0.2) is 70.9 Å². The Morgan fingerprint density at radius 2 is 1.13 bits per heavy atom. The predicted octanol–water partition coefficient (Wildman–Crippen LogP) is 0.179. The van der Waals surface area contributed by atoms with E-state index in [-0.39, 0.29) is 25.8 Å². The average molecular weight is 618 g/mol. The second-order valence-electron chi connectivity index (χ2n) is 11.2. The van der Waals surface area contributed by atoms with E-state index in [1.165, 1.54) is 0 Å². The van der Waals surface area contributed by atoms with Crippen molar-refractivity contribution in [2.45, 2.75) is 62.7 Å². The molecule has 4 aromatic rings. The number of nitrogens with one attached hydrogen (secondary N) is 5. The van der Waals surface area contributed by atoms with Crippen molar-refractivity contribution in [3.05, 3.63) is 72.1 Å². The normalized spacial score (nSPS) is 14.0. The first kappa shape index (κ1) is 33.2. The van der Waals surface area contributed by atoms with Gasteiger partial charge in [0.2, 0.25) is 23.6 Å². The van der Waals surface area contributed by atoms with Gasteiger partial charge in [-0.1, -0.05) is 36.4 Å². The lowest BCUT2D eigenvalue weighted by molar-refractivity contribution is -0.133. The summed E-state index contributed by atoms with van der Waals surface area (Å²) >= 11 is 0. The van der Waals surface area contributed by atoms with E-state index < -0.39 is 47.8 Å². The minimum absolute atomic E-state index is 0.107. The predicted molar refractivity (Wildman–Crippen MR) is 174 cm³/mol. The Hall–Kier alpha value is -4.72. The number of carbonyl (C=O) groups is 4. The summed E-state index contributed by atoms with van der Waals surface area (Å²) in [6, 6.07) is 11.2. The lowest BCUT2D eigenvalue weighted by Gasteiger charge is -2.25. The zero-order valence-electron chi connectivity index (χ0n) is 25.2. The van der Waals surface area contributed by atoms with Crippen LogP contribution in [0.15, 0.2) is 60.9 Å². The summed E-state index contributed by atoms with van der Waals surface area (Å²) in [5, 5.41) is 10.1. The van der Waals surface area contributed by atoms with Crippen molar-refractivity contribution >= 4 is 45.4 Å². The number of carbonyl (C=O) groups excluding carboxylic acids is 4. The molecule has 0 aliphatic heterocycles. The molecule has 13 N–H and O–H groups in total. The van der Waals surface area contributed by atoms with Gasteiger partial charge in [-0.3, -0.25) is 19.2 Å². The highest BCUT2D eigenvalue weighted by molar-refractivity contribution is 5.96. The summed E-state index contributed by atoms with van der Waals surface area (Å²) < 4.78 is 0. The fourth-order valence-corrected chi connectivity index (χ4v) is 5.37. The fraction of sp³-hybridized carbons (Fsp3) is 0.375. The molecule has 2 heterocycles. The SMILES string of the molecule is NCCCC[C@H](NC(=O)[C@@H](Cc1c[nH]c2ccccc12)NC(=O)[C@@H](Cc1c[nH]c2ccccc12)NC(=O)[C@@H](N)CCN)C(N)=O. The number of nitrogens with two attached hydrogens (primary N) is 4. The molecular formula is C32H43N9O4. The molecule has 0 unspecified atom stereocenters. The maximum atomic E-state index is 14.0. The number of hydrogen-bond acceptors (Lipinski definition) is 7. The Kier molecular flexibility index (Phi) is 11.7. The molecule has 0 saturated heterocycles. The molecule has 2 aromatic heterocycles. The lowest BCUT2D eigenvalue weighted by atomic mass is 10.0. The highest BCUT2D eigenvalue weighted by Gasteiger charge is 2.31. The van der Waals surface area contributed by atoms with Crippen molar-refractivity contribution in [3.63, 3.8) is 0 Å². The first-order valence-electron chi connectivity index (χ1n) is 15.2. The molecule has 4 atom stereocenters. The lowest BCUT2D eigenvalue weighted by Crippen LogP contribution is -2.58. The number of primary amides is 1. The van der Waals surface area contributed by atoms with Gasteiger partial charge in [-0.05, 0) is 62.0 Å². The number of para-hydroxylation sites is 2. The molecule has 13 nitrogen and oxygen atoms in total. The third kappa shape index (κ3) is 8.69. The number of fused-ring (bicyclic) bond motifs is 2. The van der Waals surface area contributed by atoms with Crippen LogP contribution in [-0.2, 0) is 32.0 Å². The smallest absolute Gasteiger partial charge is 0.243 e. The number of rotatable bonds is 17. The van der Waals surface area contributed by atoms with Crippen LogP contribution >= 0.6 is 0 Å². The maximum absolute atomic E-state index is 14.0. The van der Waals surface area contributed by atoms with E-state index in [1.807, 2.05) is 48.5 Å². The topological polar surface area (TPSA) is 240 Å². The molecule has 0 saturated carbocycles. The summed E-state index contributed by atoms with van der Waals surface area (Å²) in [6.07, 6.45) is 5.59. The third-order valence-electron chi connectivity index (χ3n) is 7.89. The molecule has 4 amide bonds. The van der Waals surface area contributed by atoms with Crippen LogP contribution in [0.3, 0.4) is 0 Å². The highest BCUT2D eigenvalue weighted by Crippen LogP contribution is 2.21. The molecule has 240 valence electrons. The van der Waals surface area contributed by atoms with Crippen LogP contribution in [0.4, 0.5) is 0 Å². The largest absolute Gasteiger partial charge is 0.368 e. The van der Waals surface area contributed by atoms with Gasteiger partial charge in [0, 0.05) is 47.0 Å². The van der Waals surface area contributed by atoms with Gasteiger partial charge in [0.15, 0.2) is 0 Å². The molecule has 0 radical (unpaired) electrons.